The number of nitrogens with one attached hydrogen (secondary N) is 1. The van der Waals surface area contributed by atoms with Gasteiger partial charge in [-0.1, -0.05) is 17.7 Å². The maximum atomic E-state index is 6.08. The van der Waals surface area contributed by atoms with Gasteiger partial charge in [-0.05, 0) is 24.3 Å². The van der Waals surface area contributed by atoms with Crippen LogP contribution in [0.2, 0.25) is 5.15 Å². The van der Waals surface area contributed by atoms with Crippen LogP contribution in [0.5, 0.6) is 0 Å². The van der Waals surface area contributed by atoms with E-state index in [1.54, 1.807) is 24.7 Å². The lowest BCUT2D eigenvalue weighted by Crippen LogP contribution is -2.08. The molecule has 22 heavy (non-hydrogen) atoms. The first-order valence-corrected chi connectivity index (χ1v) is 7.28. The number of anilines is 1. The largest absolute Gasteiger partial charge is 0.370 e. The summed E-state index contributed by atoms with van der Waals surface area (Å²) >= 11 is 6.08. The van der Waals surface area contributed by atoms with Gasteiger partial charge in [-0.2, -0.15) is 0 Å². The summed E-state index contributed by atoms with van der Waals surface area (Å²) in [4.78, 5) is 17.0. The average Bonchev–Trinajstić information content (AvgIpc) is 2.56. The summed E-state index contributed by atoms with van der Waals surface area (Å²) in [5.74, 6) is 1.28. The molecule has 0 bridgehead atoms. The zero-order valence-corrected chi connectivity index (χ0v) is 12.5. The lowest BCUT2D eigenvalue weighted by molar-refractivity contribution is 0.951. The van der Waals surface area contributed by atoms with Gasteiger partial charge in [0, 0.05) is 48.9 Å². The number of nitrogens with zero attached hydrogens (tertiary/aromatic N) is 4. The highest BCUT2D eigenvalue weighted by molar-refractivity contribution is 6.29. The predicted molar refractivity (Wildman–Crippen MR) is 86.7 cm³/mol. The molecule has 0 saturated carbocycles. The Morgan fingerprint density at radius 2 is 1.86 bits per heavy atom. The summed E-state index contributed by atoms with van der Waals surface area (Å²) in [5, 5.41) is 3.66. The highest BCUT2D eigenvalue weighted by Gasteiger charge is 2.05. The van der Waals surface area contributed by atoms with Crippen LogP contribution in [-0.4, -0.2) is 26.5 Å². The quantitative estimate of drug-likeness (QED) is 0.733. The number of hydrogen-bond acceptors (Lipinski definition) is 5. The van der Waals surface area contributed by atoms with Crippen molar-refractivity contribution in [3.8, 4) is 11.4 Å². The Kier molecular flexibility index (Phi) is 4.56. The number of hydrogen-bond donors (Lipinski definition) is 1. The Hall–Kier alpha value is -2.53. The van der Waals surface area contributed by atoms with Crippen LogP contribution >= 0.6 is 11.6 Å². The van der Waals surface area contributed by atoms with Crippen LogP contribution in [0, 0.1) is 0 Å². The fourth-order valence-corrected chi connectivity index (χ4v) is 2.19. The fourth-order valence-electron chi connectivity index (χ4n) is 2.00. The molecule has 6 heteroatoms. The Balaban J connectivity index is 1.70. The van der Waals surface area contributed by atoms with Gasteiger partial charge in [0.1, 0.15) is 11.0 Å². The van der Waals surface area contributed by atoms with Gasteiger partial charge in [-0.15, -0.1) is 0 Å². The van der Waals surface area contributed by atoms with E-state index < -0.39 is 0 Å². The zero-order chi connectivity index (χ0) is 15.2. The first-order valence-electron chi connectivity index (χ1n) is 6.90. The van der Waals surface area contributed by atoms with E-state index in [4.69, 9.17) is 11.6 Å². The van der Waals surface area contributed by atoms with Crippen molar-refractivity contribution in [1.29, 1.82) is 0 Å². The molecule has 0 amide bonds. The fraction of sp³-hybridized carbons (Fsp3) is 0.125. The molecular formula is C16H14ClN5. The van der Waals surface area contributed by atoms with Crippen molar-refractivity contribution in [2.75, 3.05) is 11.9 Å². The SMILES string of the molecule is Clc1cc(NCCc2ccccn2)nc(-c2ccncc2)n1. The van der Waals surface area contributed by atoms with Crippen molar-refractivity contribution in [2.24, 2.45) is 0 Å². The Morgan fingerprint density at radius 1 is 1.00 bits per heavy atom. The van der Waals surface area contributed by atoms with Gasteiger partial charge < -0.3 is 5.32 Å². The van der Waals surface area contributed by atoms with E-state index in [1.165, 1.54) is 0 Å². The van der Waals surface area contributed by atoms with Crippen LogP contribution in [0.1, 0.15) is 5.69 Å². The molecule has 1 N–H and O–H groups in total. The number of pyridine rings is 2. The second kappa shape index (κ2) is 6.95. The van der Waals surface area contributed by atoms with Crippen molar-refractivity contribution < 1.29 is 0 Å². The van der Waals surface area contributed by atoms with Gasteiger partial charge in [-0.25, -0.2) is 9.97 Å². The maximum Gasteiger partial charge on any atom is 0.163 e. The van der Waals surface area contributed by atoms with Gasteiger partial charge in [0.15, 0.2) is 5.82 Å². The maximum absolute atomic E-state index is 6.08. The van der Waals surface area contributed by atoms with E-state index in [0.717, 1.165) is 24.2 Å². The lowest BCUT2D eigenvalue weighted by atomic mass is 10.2. The van der Waals surface area contributed by atoms with Crippen LogP contribution in [0.15, 0.2) is 55.0 Å². The number of aromatic nitrogens is 4. The van der Waals surface area contributed by atoms with Gasteiger partial charge in [0.25, 0.3) is 0 Å². The molecule has 0 aliphatic rings. The average molecular weight is 312 g/mol. The Bertz CT molecular complexity index is 734. The minimum Gasteiger partial charge on any atom is -0.370 e. The van der Waals surface area contributed by atoms with Crippen LogP contribution in [0.4, 0.5) is 5.82 Å². The van der Waals surface area contributed by atoms with E-state index in [0.29, 0.717) is 16.8 Å². The lowest BCUT2D eigenvalue weighted by Gasteiger charge is -2.08. The van der Waals surface area contributed by atoms with Gasteiger partial charge in [0.2, 0.25) is 0 Å². The third-order valence-electron chi connectivity index (χ3n) is 3.05. The van der Waals surface area contributed by atoms with E-state index in [1.807, 2.05) is 30.3 Å². The third kappa shape index (κ3) is 3.77. The monoisotopic (exact) mass is 311 g/mol. The minimum absolute atomic E-state index is 0.405. The van der Waals surface area contributed by atoms with Gasteiger partial charge in [-0.3, -0.25) is 9.97 Å². The second-order valence-electron chi connectivity index (χ2n) is 4.63. The molecule has 0 spiro atoms. The summed E-state index contributed by atoms with van der Waals surface area (Å²) in [6.45, 7) is 0.722. The topological polar surface area (TPSA) is 63.6 Å². The van der Waals surface area contributed by atoms with Gasteiger partial charge in [0.05, 0.1) is 0 Å². The summed E-state index contributed by atoms with van der Waals surface area (Å²) in [7, 11) is 0. The minimum atomic E-state index is 0.405. The summed E-state index contributed by atoms with van der Waals surface area (Å²) in [6.07, 6.45) is 6.01. The Labute approximate surface area is 133 Å². The Morgan fingerprint density at radius 3 is 2.64 bits per heavy atom. The highest BCUT2D eigenvalue weighted by atomic mass is 35.5. The highest BCUT2D eigenvalue weighted by Crippen LogP contribution is 2.19. The van der Waals surface area contributed by atoms with E-state index >= 15 is 0 Å². The molecule has 5 nitrogen and oxygen atoms in total. The van der Waals surface area contributed by atoms with Crippen molar-refractivity contribution in [2.45, 2.75) is 6.42 Å². The van der Waals surface area contributed by atoms with E-state index in [2.05, 4.69) is 25.3 Å². The van der Waals surface area contributed by atoms with E-state index in [-0.39, 0.29) is 0 Å². The molecule has 0 unspecified atom stereocenters. The van der Waals surface area contributed by atoms with Crippen LogP contribution in [0.25, 0.3) is 11.4 Å². The molecule has 0 radical (unpaired) electrons. The third-order valence-corrected chi connectivity index (χ3v) is 3.24. The predicted octanol–water partition coefficient (Wildman–Crippen LogP) is 3.24. The molecular weight excluding hydrogens is 298 g/mol. The van der Waals surface area contributed by atoms with Crippen molar-refractivity contribution in [3.63, 3.8) is 0 Å². The molecule has 0 atom stereocenters. The van der Waals surface area contributed by atoms with Crippen molar-refractivity contribution in [3.05, 3.63) is 65.8 Å². The molecule has 0 aliphatic carbocycles. The first kappa shape index (κ1) is 14.4. The van der Waals surface area contributed by atoms with Crippen LogP contribution in [-0.2, 0) is 6.42 Å². The molecule has 3 aromatic heterocycles. The summed E-state index contributed by atoms with van der Waals surface area (Å²) < 4.78 is 0. The van der Waals surface area contributed by atoms with Gasteiger partial charge >= 0.3 is 0 Å². The normalized spacial score (nSPS) is 10.4. The van der Waals surface area contributed by atoms with Crippen LogP contribution < -0.4 is 5.32 Å². The molecule has 0 fully saturated rings. The zero-order valence-electron chi connectivity index (χ0n) is 11.8. The van der Waals surface area contributed by atoms with E-state index in [9.17, 15) is 0 Å². The standard InChI is InChI=1S/C16H14ClN5/c17-14-11-15(20-10-6-13-3-1-2-7-19-13)22-16(21-14)12-4-8-18-9-5-12/h1-5,7-9,11H,6,10H2,(H,20,21,22). The smallest absolute Gasteiger partial charge is 0.163 e. The molecule has 0 aliphatic heterocycles. The molecule has 3 heterocycles. The molecule has 3 aromatic rings. The molecule has 110 valence electrons. The van der Waals surface area contributed by atoms with Crippen molar-refractivity contribution in [1.82, 2.24) is 19.9 Å². The van der Waals surface area contributed by atoms with Crippen LogP contribution in [0.3, 0.4) is 0 Å². The number of halogens is 1. The first-order chi connectivity index (χ1) is 10.8. The van der Waals surface area contributed by atoms with Crippen molar-refractivity contribution >= 4 is 17.4 Å². The molecule has 0 saturated heterocycles. The summed E-state index contributed by atoms with van der Waals surface area (Å²) in [5.41, 5.74) is 1.91. The second-order valence-corrected chi connectivity index (χ2v) is 5.02. The molecule has 3 rings (SSSR count). The number of rotatable bonds is 5. The molecule has 0 aromatic carbocycles. The summed E-state index contributed by atoms with van der Waals surface area (Å²) in [6, 6.07) is 11.3.